The topological polar surface area (TPSA) is 104 Å². The van der Waals surface area contributed by atoms with Gasteiger partial charge >= 0.3 is 6.03 Å². The van der Waals surface area contributed by atoms with Gasteiger partial charge in [0.2, 0.25) is 0 Å². The number of urea groups is 1. The lowest BCUT2D eigenvalue weighted by molar-refractivity contribution is 0.102. The van der Waals surface area contributed by atoms with E-state index in [0.29, 0.717) is 30.0 Å². The van der Waals surface area contributed by atoms with E-state index in [4.69, 9.17) is 5.73 Å². The number of pyridine rings is 1. The van der Waals surface area contributed by atoms with Gasteiger partial charge in [0.1, 0.15) is 5.69 Å². The molecule has 3 amide bonds. The van der Waals surface area contributed by atoms with Gasteiger partial charge in [-0.25, -0.2) is 13.6 Å². The number of halogens is 2. The second-order valence-corrected chi connectivity index (χ2v) is 8.10. The Kier molecular flexibility index (Phi) is 9.29. The number of nitrogens with two attached hydrogens (primary N) is 1. The minimum atomic E-state index is -1.04. The van der Waals surface area contributed by atoms with E-state index in [1.54, 1.807) is 41.3 Å². The van der Waals surface area contributed by atoms with Crippen molar-refractivity contribution < 1.29 is 18.4 Å². The number of aromatic nitrogens is 1. The predicted octanol–water partition coefficient (Wildman–Crippen LogP) is 4.57. The minimum Gasteiger partial charge on any atom is -0.397 e. The number of nitrogens with one attached hydrogen (secondary N) is 2. The molecule has 0 aliphatic rings. The Morgan fingerprint density at radius 2 is 1.69 bits per heavy atom. The van der Waals surface area contributed by atoms with Crippen molar-refractivity contribution in [2.24, 2.45) is 0 Å². The number of carbonyl (C=O) groups excluding carboxylic acids is 2. The summed E-state index contributed by atoms with van der Waals surface area (Å²) in [6.07, 6.45) is 1.53. The SMILES string of the molecule is CCN(CC)CCN(Cc1ccc(C(=O)Nc2ccccc2N)nc1)C(=O)Nc1ccc(F)c(F)c1. The molecule has 0 aliphatic carbocycles. The molecule has 0 saturated heterocycles. The summed E-state index contributed by atoms with van der Waals surface area (Å²) < 4.78 is 26.8. The van der Waals surface area contributed by atoms with Crippen LogP contribution in [0.2, 0.25) is 0 Å². The summed E-state index contributed by atoms with van der Waals surface area (Å²) in [6.45, 7) is 6.95. The number of likely N-dealkylation sites (N-methyl/N-ethyl adjacent to an activating group) is 1. The fraction of sp³-hybridized carbons (Fsp3) is 0.269. The van der Waals surface area contributed by atoms with Crippen LogP contribution in [0.5, 0.6) is 0 Å². The van der Waals surface area contributed by atoms with Crippen molar-refractivity contribution in [1.82, 2.24) is 14.8 Å². The van der Waals surface area contributed by atoms with Gasteiger partial charge in [-0.05, 0) is 49.0 Å². The molecule has 1 heterocycles. The molecular weight excluding hydrogens is 466 g/mol. The molecule has 2 aromatic carbocycles. The Morgan fingerprint density at radius 1 is 0.944 bits per heavy atom. The summed E-state index contributed by atoms with van der Waals surface area (Å²) in [5.41, 5.74) is 7.85. The molecule has 0 unspecified atom stereocenters. The molecule has 10 heteroatoms. The van der Waals surface area contributed by atoms with Crippen molar-refractivity contribution >= 4 is 29.0 Å². The number of nitrogens with zero attached hydrogens (tertiary/aromatic N) is 3. The molecule has 0 saturated carbocycles. The van der Waals surface area contributed by atoms with Crippen LogP contribution < -0.4 is 16.4 Å². The maximum atomic E-state index is 13.6. The normalized spacial score (nSPS) is 10.8. The third-order valence-electron chi connectivity index (χ3n) is 5.68. The molecule has 0 fully saturated rings. The number of amides is 3. The van der Waals surface area contributed by atoms with Crippen molar-refractivity contribution in [2.45, 2.75) is 20.4 Å². The number of nitrogen functional groups attached to an aromatic ring is 1. The molecule has 1 aromatic heterocycles. The molecule has 3 rings (SSSR count). The lowest BCUT2D eigenvalue weighted by Gasteiger charge is -2.27. The molecule has 3 aromatic rings. The molecule has 0 spiro atoms. The van der Waals surface area contributed by atoms with E-state index in [1.807, 2.05) is 13.8 Å². The van der Waals surface area contributed by atoms with Gasteiger partial charge in [-0.1, -0.05) is 32.0 Å². The monoisotopic (exact) mass is 496 g/mol. The van der Waals surface area contributed by atoms with Gasteiger partial charge in [0.25, 0.3) is 5.91 Å². The summed E-state index contributed by atoms with van der Waals surface area (Å²) in [4.78, 5) is 33.5. The lowest BCUT2D eigenvalue weighted by atomic mass is 10.2. The number of benzene rings is 2. The Morgan fingerprint density at radius 3 is 2.33 bits per heavy atom. The second kappa shape index (κ2) is 12.6. The lowest BCUT2D eigenvalue weighted by Crippen LogP contribution is -2.40. The molecule has 0 atom stereocenters. The number of carbonyl (C=O) groups is 2. The molecule has 8 nitrogen and oxygen atoms in total. The highest BCUT2D eigenvalue weighted by Crippen LogP contribution is 2.18. The molecule has 0 aliphatic heterocycles. The molecular formula is C26H30F2N6O2. The van der Waals surface area contributed by atoms with E-state index in [2.05, 4.69) is 20.5 Å². The van der Waals surface area contributed by atoms with E-state index < -0.39 is 23.6 Å². The van der Waals surface area contributed by atoms with Gasteiger partial charge < -0.3 is 26.2 Å². The van der Waals surface area contributed by atoms with E-state index in [1.165, 1.54) is 12.3 Å². The number of rotatable bonds is 10. The number of hydrogen-bond donors (Lipinski definition) is 3. The third kappa shape index (κ3) is 7.22. The van der Waals surface area contributed by atoms with Crippen LogP contribution in [0.3, 0.4) is 0 Å². The summed E-state index contributed by atoms with van der Waals surface area (Å²) >= 11 is 0. The Hall–Kier alpha value is -4.05. The molecule has 36 heavy (non-hydrogen) atoms. The molecule has 0 radical (unpaired) electrons. The van der Waals surface area contributed by atoms with Crippen LogP contribution in [-0.4, -0.2) is 52.9 Å². The van der Waals surface area contributed by atoms with Crippen LogP contribution in [0.25, 0.3) is 0 Å². The summed E-state index contributed by atoms with van der Waals surface area (Å²) in [5, 5.41) is 5.34. The Labute approximate surface area is 209 Å². The minimum absolute atomic E-state index is 0.150. The molecule has 4 N–H and O–H groups in total. The number of hydrogen-bond acceptors (Lipinski definition) is 5. The van der Waals surface area contributed by atoms with Crippen LogP contribution in [-0.2, 0) is 6.54 Å². The quantitative estimate of drug-likeness (QED) is 0.357. The standard InChI is InChI=1S/C26H30F2N6O2/c1-3-33(4-2)13-14-34(26(36)31-19-10-11-20(27)21(28)15-19)17-18-9-12-24(30-16-18)25(35)32-23-8-6-5-7-22(23)29/h5-12,15-16H,3-4,13-14,17,29H2,1-2H3,(H,31,36)(H,32,35). The zero-order valence-corrected chi connectivity index (χ0v) is 20.3. The average Bonchev–Trinajstić information content (AvgIpc) is 2.87. The van der Waals surface area contributed by atoms with Crippen LogP contribution in [0.4, 0.5) is 30.6 Å². The Bertz CT molecular complexity index is 1190. The smallest absolute Gasteiger partial charge is 0.322 e. The fourth-order valence-corrected chi connectivity index (χ4v) is 3.50. The molecule has 0 bridgehead atoms. The van der Waals surface area contributed by atoms with E-state index in [9.17, 15) is 18.4 Å². The van der Waals surface area contributed by atoms with Gasteiger partial charge in [0.15, 0.2) is 11.6 Å². The van der Waals surface area contributed by atoms with Crippen molar-refractivity contribution in [3.05, 3.63) is 83.7 Å². The first-order valence-electron chi connectivity index (χ1n) is 11.6. The van der Waals surface area contributed by atoms with Gasteiger partial charge in [-0.3, -0.25) is 9.78 Å². The third-order valence-corrected chi connectivity index (χ3v) is 5.68. The molecule has 190 valence electrons. The highest BCUT2D eigenvalue weighted by molar-refractivity contribution is 6.04. The largest absolute Gasteiger partial charge is 0.397 e. The highest BCUT2D eigenvalue weighted by atomic mass is 19.2. The summed E-state index contributed by atoms with van der Waals surface area (Å²) in [6, 6.07) is 12.9. The van der Waals surface area contributed by atoms with Crippen LogP contribution in [0.15, 0.2) is 60.8 Å². The van der Waals surface area contributed by atoms with Crippen molar-refractivity contribution in [2.75, 3.05) is 42.5 Å². The van der Waals surface area contributed by atoms with Crippen molar-refractivity contribution in [3.8, 4) is 0 Å². The zero-order valence-electron chi connectivity index (χ0n) is 20.3. The second-order valence-electron chi connectivity index (χ2n) is 8.10. The van der Waals surface area contributed by atoms with Crippen LogP contribution in [0, 0.1) is 11.6 Å². The Balaban J connectivity index is 1.71. The van der Waals surface area contributed by atoms with Gasteiger partial charge in [-0.2, -0.15) is 0 Å². The van der Waals surface area contributed by atoms with Gasteiger partial charge in [-0.15, -0.1) is 0 Å². The van der Waals surface area contributed by atoms with Gasteiger partial charge in [0, 0.05) is 37.6 Å². The average molecular weight is 497 g/mol. The van der Waals surface area contributed by atoms with Crippen LogP contribution >= 0.6 is 0 Å². The van der Waals surface area contributed by atoms with E-state index in [0.717, 1.165) is 25.2 Å². The first-order valence-corrected chi connectivity index (χ1v) is 11.6. The summed E-state index contributed by atoms with van der Waals surface area (Å²) in [5.74, 6) is -2.44. The fourth-order valence-electron chi connectivity index (χ4n) is 3.50. The zero-order chi connectivity index (χ0) is 26.1. The van der Waals surface area contributed by atoms with E-state index in [-0.39, 0.29) is 17.9 Å². The van der Waals surface area contributed by atoms with Gasteiger partial charge in [0.05, 0.1) is 11.4 Å². The number of anilines is 3. The maximum Gasteiger partial charge on any atom is 0.322 e. The summed E-state index contributed by atoms with van der Waals surface area (Å²) in [7, 11) is 0. The van der Waals surface area contributed by atoms with Crippen molar-refractivity contribution in [1.29, 1.82) is 0 Å². The number of para-hydroxylation sites is 2. The van der Waals surface area contributed by atoms with Crippen LogP contribution in [0.1, 0.15) is 29.9 Å². The van der Waals surface area contributed by atoms with E-state index >= 15 is 0 Å². The van der Waals surface area contributed by atoms with Crippen molar-refractivity contribution in [3.63, 3.8) is 0 Å². The maximum absolute atomic E-state index is 13.6. The first kappa shape index (κ1) is 26.6. The highest BCUT2D eigenvalue weighted by Gasteiger charge is 2.17. The first-order chi connectivity index (χ1) is 17.3. The predicted molar refractivity (Wildman–Crippen MR) is 137 cm³/mol.